The summed E-state index contributed by atoms with van der Waals surface area (Å²) in [6, 6.07) is 3.86. The fraction of sp³-hybridized carbons (Fsp3) is 0.588. The van der Waals surface area contributed by atoms with E-state index in [0.717, 1.165) is 32.0 Å². The van der Waals surface area contributed by atoms with Gasteiger partial charge in [0.15, 0.2) is 11.6 Å². The summed E-state index contributed by atoms with van der Waals surface area (Å²) in [5.41, 5.74) is 0.0741. The van der Waals surface area contributed by atoms with Gasteiger partial charge in [0.25, 0.3) is 0 Å². The second-order valence-corrected chi connectivity index (χ2v) is 5.97. The zero-order chi connectivity index (χ0) is 16.7. The second kappa shape index (κ2) is 8.93. The molecular formula is C17H24F2N2O2. The molecule has 1 aromatic carbocycles. The first kappa shape index (κ1) is 17.8. The molecule has 0 unspecified atom stereocenters. The third kappa shape index (κ3) is 5.88. The predicted molar refractivity (Wildman–Crippen MR) is 84.2 cm³/mol. The van der Waals surface area contributed by atoms with E-state index in [1.807, 2.05) is 0 Å². The Morgan fingerprint density at radius 2 is 2.09 bits per heavy atom. The number of hydrogen-bond donors (Lipinski definition) is 1. The van der Waals surface area contributed by atoms with Crippen molar-refractivity contribution in [2.75, 3.05) is 33.3 Å². The molecule has 2 rings (SSSR count). The monoisotopic (exact) mass is 326 g/mol. The van der Waals surface area contributed by atoms with Gasteiger partial charge in [-0.25, -0.2) is 8.78 Å². The highest BCUT2D eigenvalue weighted by Crippen LogP contribution is 2.13. The Balaban J connectivity index is 1.59. The van der Waals surface area contributed by atoms with Gasteiger partial charge < -0.3 is 15.0 Å². The van der Waals surface area contributed by atoms with Crippen molar-refractivity contribution in [1.29, 1.82) is 0 Å². The Morgan fingerprint density at radius 3 is 2.83 bits per heavy atom. The van der Waals surface area contributed by atoms with Gasteiger partial charge in [0, 0.05) is 31.8 Å². The summed E-state index contributed by atoms with van der Waals surface area (Å²) in [6.07, 6.45) is 2.95. The summed E-state index contributed by atoms with van der Waals surface area (Å²) in [6.45, 7) is 3.19. The van der Waals surface area contributed by atoms with Gasteiger partial charge in [-0.3, -0.25) is 4.79 Å². The SMILES string of the molecule is CN1CCC(OCCCNC(=O)Cc2cccc(F)c2F)CC1. The lowest BCUT2D eigenvalue weighted by atomic mass is 10.1. The number of ether oxygens (including phenoxy) is 1. The number of likely N-dealkylation sites (tertiary alicyclic amines) is 1. The molecule has 0 bridgehead atoms. The van der Waals surface area contributed by atoms with Crippen molar-refractivity contribution >= 4 is 5.91 Å². The number of hydrogen-bond acceptors (Lipinski definition) is 3. The normalized spacial score (nSPS) is 16.5. The minimum absolute atomic E-state index is 0.0741. The highest BCUT2D eigenvalue weighted by atomic mass is 19.2. The van der Waals surface area contributed by atoms with Crippen LogP contribution in [0.2, 0.25) is 0 Å². The number of halogens is 2. The molecule has 1 aliphatic heterocycles. The summed E-state index contributed by atoms with van der Waals surface area (Å²) in [4.78, 5) is 14.0. The average molecular weight is 326 g/mol. The van der Waals surface area contributed by atoms with Gasteiger partial charge in [-0.05, 0) is 32.4 Å². The summed E-state index contributed by atoms with van der Waals surface area (Å²) in [7, 11) is 2.10. The number of nitrogens with zero attached hydrogens (tertiary/aromatic N) is 1. The van der Waals surface area contributed by atoms with E-state index >= 15 is 0 Å². The van der Waals surface area contributed by atoms with Gasteiger partial charge in [-0.2, -0.15) is 0 Å². The molecule has 1 amide bonds. The molecular weight excluding hydrogens is 302 g/mol. The van der Waals surface area contributed by atoms with E-state index in [0.29, 0.717) is 25.7 Å². The predicted octanol–water partition coefficient (Wildman–Crippen LogP) is 2.12. The Labute approximate surface area is 135 Å². The molecule has 0 atom stereocenters. The van der Waals surface area contributed by atoms with Crippen LogP contribution >= 0.6 is 0 Å². The molecule has 1 fully saturated rings. The summed E-state index contributed by atoms with van der Waals surface area (Å²) >= 11 is 0. The lowest BCUT2D eigenvalue weighted by molar-refractivity contribution is -0.120. The minimum Gasteiger partial charge on any atom is -0.378 e. The maximum absolute atomic E-state index is 13.5. The molecule has 0 aliphatic carbocycles. The molecule has 1 heterocycles. The van der Waals surface area contributed by atoms with Gasteiger partial charge in [0.05, 0.1) is 12.5 Å². The van der Waals surface area contributed by atoms with Gasteiger partial charge in [0.2, 0.25) is 5.91 Å². The number of benzene rings is 1. The Hall–Kier alpha value is -1.53. The quantitative estimate of drug-likeness (QED) is 0.781. The fourth-order valence-corrected chi connectivity index (χ4v) is 2.62. The van der Waals surface area contributed by atoms with Crippen LogP contribution in [0.3, 0.4) is 0 Å². The minimum atomic E-state index is -0.951. The van der Waals surface area contributed by atoms with Crippen LogP contribution in [-0.2, 0) is 16.0 Å². The Bertz CT molecular complexity index is 517. The third-order valence-electron chi connectivity index (χ3n) is 4.05. The van der Waals surface area contributed by atoms with Crippen LogP contribution in [0.1, 0.15) is 24.8 Å². The van der Waals surface area contributed by atoms with Crippen LogP contribution in [0.25, 0.3) is 0 Å². The van der Waals surface area contributed by atoms with Gasteiger partial charge in [-0.15, -0.1) is 0 Å². The van der Waals surface area contributed by atoms with Crippen LogP contribution in [-0.4, -0.2) is 50.2 Å². The number of rotatable bonds is 7. The van der Waals surface area contributed by atoms with E-state index in [1.54, 1.807) is 0 Å². The molecule has 1 N–H and O–H groups in total. The van der Waals surface area contributed by atoms with Gasteiger partial charge >= 0.3 is 0 Å². The Kier molecular flexibility index (Phi) is 6.92. The van der Waals surface area contributed by atoms with E-state index in [1.165, 1.54) is 12.1 Å². The van der Waals surface area contributed by atoms with Crippen molar-refractivity contribution < 1.29 is 18.3 Å². The van der Waals surface area contributed by atoms with E-state index in [4.69, 9.17) is 4.74 Å². The summed E-state index contributed by atoms with van der Waals surface area (Å²) in [5, 5.41) is 2.71. The number of carbonyl (C=O) groups excluding carboxylic acids is 1. The zero-order valence-corrected chi connectivity index (χ0v) is 13.5. The highest BCUT2D eigenvalue weighted by Gasteiger charge is 2.16. The summed E-state index contributed by atoms with van der Waals surface area (Å²) < 4.78 is 32.3. The zero-order valence-electron chi connectivity index (χ0n) is 13.5. The number of nitrogens with one attached hydrogen (secondary N) is 1. The lowest BCUT2D eigenvalue weighted by Crippen LogP contribution is -2.34. The smallest absolute Gasteiger partial charge is 0.224 e. The van der Waals surface area contributed by atoms with Crippen LogP contribution in [0.15, 0.2) is 18.2 Å². The van der Waals surface area contributed by atoms with E-state index in [9.17, 15) is 13.6 Å². The van der Waals surface area contributed by atoms with E-state index in [-0.39, 0.29) is 17.9 Å². The van der Waals surface area contributed by atoms with E-state index < -0.39 is 11.6 Å². The molecule has 6 heteroatoms. The second-order valence-electron chi connectivity index (χ2n) is 5.97. The van der Waals surface area contributed by atoms with Gasteiger partial charge in [-0.1, -0.05) is 12.1 Å². The molecule has 0 aromatic heterocycles. The van der Waals surface area contributed by atoms with Crippen molar-refractivity contribution in [1.82, 2.24) is 10.2 Å². The number of carbonyl (C=O) groups is 1. The molecule has 0 spiro atoms. The molecule has 23 heavy (non-hydrogen) atoms. The van der Waals surface area contributed by atoms with Crippen molar-refractivity contribution in [3.8, 4) is 0 Å². The molecule has 1 aromatic rings. The molecule has 1 aliphatic rings. The van der Waals surface area contributed by atoms with Crippen LogP contribution in [0, 0.1) is 11.6 Å². The van der Waals surface area contributed by atoms with Crippen molar-refractivity contribution in [2.45, 2.75) is 31.8 Å². The number of amides is 1. The fourth-order valence-electron chi connectivity index (χ4n) is 2.62. The third-order valence-corrected chi connectivity index (χ3v) is 4.05. The molecule has 0 radical (unpaired) electrons. The first-order valence-electron chi connectivity index (χ1n) is 8.06. The highest BCUT2D eigenvalue weighted by molar-refractivity contribution is 5.78. The standard InChI is InChI=1S/C17H24F2N2O2/c1-21-9-6-14(7-10-21)23-11-3-8-20-16(22)12-13-4-2-5-15(18)17(13)19/h2,4-5,14H,3,6-12H2,1H3,(H,20,22). The Morgan fingerprint density at radius 1 is 1.35 bits per heavy atom. The maximum atomic E-state index is 13.5. The average Bonchev–Trinajstić information content (AvgIpc) is 2.53. The maximum Gasteiger partial charge on any atom is 0.224 e. The first-order chi connectivity index (χ1) is 11.1. The van der Waals surface area contributed by atoms with Crippen LogP contribution in [0.5, 0.6) is 0 Å². The van der Waals surface area contributed by atoms with E-state index in [2.05, 4.69) is 17.3 Å². The van der Waals surface area contributed by atoms with Crippen molar-refractivity contribution in [3.63, 3.8) is 0 Å². The van der Waals surface area contributed by atoms with Crippen molar-refractivity contribution in [2.24, 2.45) is 0 Å². The van der Waals surface area contributed by atoms with Crippen molar-refractivity contribution in [3.05, 3.63) is 35.4 Å². The molecule has 0 saturated carbocycles. The van der Waals surface area contributed by atoms with Crippen LogP contribution < -0.4 is 5.32 Å². The topological polar surface area (TPSA) is 41.6 Å². The molecule has 1 saturated heterocycles. The largest absolute Gasteiger partial charge is 0.378 e. The lowest BCUT2D eigenvalue weighted by Gasteiger charge is -2.28. The van der Waals surface area contributed by atoms with Crippen LogP contribution in [0.4, 0.5) is 8.78 Å². The first-order valence-corrected chi connectivity index (χ1v) is 8.06. The molecule has 128 valence electrons. The molecule has 4 nitrogen and oxygen atoms in total. The summed E-state index contributed by atoms with van der Waals surface area (Å²) in [5.74, 6) is -2.19. The number of piperidine rings is 1. The van der Waals surface area contributed by atoms with Gasteiger partial charge in [0.1, 0.15) is 0 Å².